The van der Waals surface area contributed by atoms with Gasteiger partial charge in [0.05, 0.1) is 5.69 Å². The highest BCUT2D eigenvalue weighted by Crippen LogP contribution is 2.27. The van der Waals surface area contributed by atoms with Crippen molar-refractivity contribution in [2.24, 2.45) is 5.73 Å². The molecule has 1 aromatic heterocycles. The van der Waals surface area contributed by atoms with E-state index in [1.165, 1.54) is 0 Å². The summed E-state index contributed by atoms with van der Waals surface area (Å²) in [5.41, 5.74) is 6.22. The minimum atomic E-state index is -0.451. The molecule has 16 heavy (non-hydrogen) atoms. The summed E-state index contributed by atoms with van der Waals surface area (Å²) >= 11 is 0. The lowest BCUT2D eigenvalue weighted by molar-refractivity contribution is 0.0993. The minimum Gasteiger partial charge on any atom is -0.364 e. The number of aromatic nitrogens is 2. The predicted octanol–water partition coefficient (Wildman–Crippen LogP) is 2.10. The van der Waals surface area contributed by atoms with Gasteiger partial charge in [0, 0.05) is 10.8 Å². The zero-order valence-corrected chi connectivity index (χ0v) is 10.9. The molecule has 0 aliphatic heterocycles. The highest BCUT2D eigenvalue weighted by atomic mass is 16.1. The highest BCUT2D eigenvalue weighted by molar-refractivity contribution is 5.92. The molecule has 1 heterocycles. The molecular weight excluding hydrogens is 202 g/mol. The number of rotatable bonds is 1. The molecule has 1 aromatic rings. The zero-order chi connectivity index (χ0) is 12.7. The molecule has 0 atom stereocenters. The third-order valence-corrected chi connectivity index (χ3v) is 2.37. The highest BCUT2D eigenvalue weighted by Gasteiger charge is 2.28. The number of primary amides is 1. The van der Waals surface area contributed by atoms with Gasteiger partial charge in [-0.2, -0.15) is 0 Å². The van der Waals surface area contributed by atoms with Gasteiger partial charge in [-0.1, -0.05) is 41.5 Å². The number of amides is 1. The molecule has 0 fully saturated rings. The summed E-state index contributed by atoms with van der Waals surface area (Å²) in [6, 6.07) is 0. The number of imidazole rings is 1. The van der Waals surface area contributed by atoms with Crippen molar-refractivity contribution in [1.29, 1.82) is 0 Å². The first kappa shape index (κ1) is 12.7. The predicted molar refractivity (Wildman–Crippen MR) is 64.5 cm³/mol. The van der Waals surface area contributed by atoms with Crippen LogP contribution in [0.15, 0.2) is 0 Å². The monoisotopic (exact) mass is 223 g/mol. The van der Waals surface area contributed by atoms with Gasteiger partial charge >= 0.3 is 0 Å². The second-order valence-electron chi connectivity index (χ2n) is 6.17. The first-order chi connectivity index (χ1) is 7.03. The third-order valence-electron chi connectivity index (χ3n) is 2.37. The van der Waals surface area contributed by atoms with Gasteiger partial charge in [-0.3, -0.25) is 4.79 Å². The van der Waals surface area contributed by atoms with Crippen molar-refractivity contribution in [2.75, 3.05) is 0 Å². The Morgan fingerprint density at radius 2 is 1.62 bits per heavy atom. The maximum absolute atomic E-state index is 11.4. The van der Waals surface area contributed by atoms with Gasteiger partial charge in [0.15, 0.2) is 0 Å². The molecule has 0 radical (unpaired) electrons. The van der Waals surface area contributed by atoms with Crippen molar-refractivity contribution in [3.8, 4) is 0 Å². The summed E-state index contributed by atoms with van der Waals surface area (Å²) in [4.78, 5) is 18.9. The largest absolute Gasteiger partial charge is 0.364 e. The van der Waals surface area contributed by atoms with Crippen LogP contribution < -0.4 is 5.73 Å². The molecule has 3 N–H and O–H groups in total. The van der Waals surface area contributed by atoms with Crippen LogP contribution in [-0.4, -0.2) is 15.9 Å². The van der Waals surface area contributed by atoms with Gasteiger partial charge in [0.1, 0.15) is 11.5 Å². The summed E-state index contributed by atoms with van der Waals surface area (Å²) in [6.07, 6.45) is 0. The molecular formula is C12H21N3O. The van der Waals surface area contributed by atoms with Crippen molar-refractivity contribution in [2.45, 2.75) is 52.4 Å². The van der Waals surface area contributed by atoms with Gasteiger partial charge in [0.2, 0.25) is 0 Å². The summed E-state index contributed by atoms with van der Waals surface area (Å²) in [6.45, 7) is 12.2. The molecule has 0 aliphatic carbocycles. The fourth-order valence-corrected chi connectivity index (χ4v) is 1.45. The molecule has 0 aromatic carbocycles. The smallest absolute Gasteiger partial charge is 0.267 e. The van der Waals surface area contributed by atoms with Crippen LogP contribution in [0.25, 0.3) is 0 Å². The van der Waals surface area contributed by atoms with E-state index < -0.39 is 5.91 Å². The van der Waals surface area contributed by atoms with Crippen LogP contribution in [0.4, 0.5) is 0 Å². The van der Waals surface area contributed by atoms with Gasteiger partial charge in [-0.25, -0.2) is 4.98 Å². The molecule has 0 spiro atoms. The van der Waals surface area contributed by atoms with Crippen LogP contribution in [0.3, 0.4) is 0 Å². The molecule has 4 heteroatoms. The van der Waals surface area contributed by atoms with Crippen molar-refractivity contribution >= 4 is 5.91 Å². The van der Waals surface area contributed by atoms with E-state index in [2.05, 4.69) is 9.97 Å². The van der Waals surface area contributed by atoms with Crippen LogP contribution in [0.5, 0.6) is 0 Å². The fourth-order valence-electron chi connectivity index (χ4n) is 1.45. The number of hydrogen-bond acceptors (Lipinski definition) is 2. The molecule has 1 amide bonds. The van der Waals surface area contributed by atoms with E-state index in [9.17, 15) is 4.79 Å². The van der Waals surface area contributed by atoms with E-state index in [0.29, 0.717) is 5.69 Å². The van der Waals surface area contributed by atoms with Crippen molar-refractivity contribution in [1.82, 2.24) is 9.97 Å². The second-order valence-corrected chi connectivity index (χ2v) is 6.17. The molecule has 0 bridgehead atoms. The molecule has 0 saturated carbocycles. The van der Waals surface area contributed by atoms with Crippen LogP contribution in [0.2, 0.25) is 0 Å². The van der Waals surface area contributed by atoms with Crippen LogP contribution in [-0.2, 0) is 10.8 Å². The maximum Gasteiger partial charge on any atom is 0.267 e. The van der Waals surface area contributed by atoms with Crippen molar-refractivity contribution in [3.63, 3.8) is 0 Å². The number of hydrogen-bond donors (Lipinski definition) is 2. The molecule has 0 aliphatic rings. The Hall–Kier alpha value is -1.32. The van der Waals surface area contributed by atoms with Crippen LogP contribution in [0.1, 0.15) is 63.5 Å². The van der Waals surface area contributed by atoms with Crippen LogP contribution in [0, 0.1) is 0 Å². The van der Waals surface area contributed by atoms with E-state index >= 15 is 0 Å². The Bertz CT molecular complexity index is 405. The lowest BCUT2D eigenvalue weighted by atomic mass is 9.90. The van der Waals surface area contributed by atoms with Crippen LogP contribution >= 0.6 is 0 Å². The standard InChI is InChI=1S/C12H21N3O/c1-11(2,3)8-7(9(13)16)14-10(15-8)12(4,5)6/h1-6H3,(H2,13,16)(H,14,15). The summed E-state index contributed by atoms with van der Waals surface area (Å²) < 4.78 is 0. The number of H-pyrrole nitrogens is 1. The Balaban J connectivity index is 3.38. The van der Waals surface area contributed by atoms with Gasteiger partial charge in [-0.15, -0.1) is 0 Å². The quantitative estimate of drug-likeness (QED) is 0.765. The molecule has 1 rings (SSSR count). The lowest BCUT2D eigenvalue weighted by Gasteiger charge is -2.17. The lowest BCUT2D eigenvalue weighted by Crippen LogP contribution is -2.21. The van der Waals surface area contributed by atoms with Gasteiger partial charge in [-0.05, 0) is 0 Å². The zero-order valence-electron chi connectivity index (χ0n) is 10.9. The molecule has 4 nitrogen and oxygen atoms in total. The molecule has 90 valence electrons. The average Bonchev–Trinajstić information content (AvgIpc) is 2.44. The summed E-state index contributed by atoms with van der Waals surface area (Å²) in [5.74, 6) is 0.346. The maximum atomic E-state index is 11.4. The van der Waals surface area contributed by atoms with Crippen molar-refractivity contribution in [3.05, 3.63) is 17.2 Å². The van der Waals surface area contributed by atoms with E-state index in [-0.39, 0.29) is 10.8 Å². The summed E-state index contributed by atoms with van der Waals surface area (Å²) in [5, 5.41) is 0. The topological polar surface area (TPSA) is 71.8 Å². The number of nitrogens with two attached hydrogens (primary N) is 1. The SMILES string of the molecule is CC(C)(C)c1nc(C(C)(C)C)c(C(N)=O)[nH]1. The molecule has 0 saturated heterocycles. The first-order valence-electron chi connectivity index (χ1n) is 5.44. The number of aromatic amines is 1. The second kappa shape index (κ2) is 3.61. The van der Waals surface area contributed by atoms with E-state index in [1.54, 1.807) is 0 Å². The molecule has 0 unspecified atom stereocenters. The number of nitrogens with zero attached hydrogens (tertiary/aromatic N) is 1. The normalized spacial score (nSPS) is 12.9. The minimum absolute atomic E-state index is 0.117. The number of carbonyl (C=O) groups excluding carboxylic acids is 1. The number of nitrogens with one attached hydrogen (secondary N) is 1. The van der Waals surface area contributed by atoms with E-state index in [4.69, 9.17) is 5.73 Å². The van der Waals surface area contributed by atoms with Gasteiger partial charge in [0.25, 0.3) is 5.91 Å². The Morgan fingerprint density at radius 3 is 1.88 bits per heavy atom. The average molecular weight is 223 g/mol. The number of carbonyl (C=O) groups is 1. The fraction of sp³-hybridized carbons (Fsp3) is 0.667. The van der Waals surface area contributed by atoms with E-state index in [1.807, 2.05) is 41.5 Å². The Labute approximate surface area is 96.6 Å². The van der Waals surface area contributed by atoms with E-state index in [0.717, 1.165) is 11.5 Å². The Kier molecular flexibility index (Phi) is 2.88. The summed E-state index contributed by atoms with van der Waals surface area (Å²) in [7, 11) is 0. The van der Waals surface area contributed by atoms with Gasteiger partial charge < -0.3 is 10.7 Å². The third kappa shape index (κ3) is 2.43. The Morgan fingerprint density at radius 1 is 1.12 bits per heavy atom. The first-order valence-corrected chi connectivity index (χ1v) is 5.44. The van der Waals surface area contributed by atoms with Crippen molar-refractivity contribution < 1.29 is 4.79 Å².